The summed E-state index contributed by atoms with van der Waals surface area (Å²) in [6, 6.07) is 18.3. The number of fused-ring (bicyclic) bond motifs is 1. The Morgan fingerprint density at radius 1 is 1.09 bits per heavy atom. The van der Waals surface area contributed by atoms with Crippen LogP contribution in [0.15, 0.2) is 65.7 Å². The van der Waals surface area contributed by atoms with E-state index in [1.165, 1.54) is 22.2 Å². The number of urea groups is 1. The van der Waals surface area contributed by atoms with Crippen molar-refractivity contribution in [2.45, 2.75) is 25.0 Å². The quantitative estimate of drug-likeness (QED) is 0.675. The minimum atomic E-state index is -0.590. The Balaban J connectivity index is 1.43. The molecule has 2 aromatic carbocycles. The van der Waals surface area contributed by atoms with Crippen molar-refractivity contribution < 1.29 is 14.4 Å². The summed E-state index contributed by atoms with van der Waals surface area (Å²) in [5.41, 5.74) is 1.95. The van der Waals surface area contributed by atoms with Crippen LogP contribution in [0.25, 0.3) is 0 Å². The fourth-order valence-corrected chi connectivity index (χ4v) is 4.69. The van der Waals surface area contributed by atoms with Gasteiger partial charge >= 0.3 is 6.03 Å². The largest absolute Gasteiger partial charge is 0.336 e. The van der Waals surface area contributed by atoms with Crippen LogP contribution < -0.4 is 10.6 Å². The normalized spacial score (nSPS) is 20.0. The Morgan fingerprint density at radius 3 is 2.50 bits per heavy atom. The Labute approximate surface area is 191 Å². The maximum Gasteiger partial charge on any atom is 0.325 e. The average molecular weight is 452 g/mol. The highest BCUT2D eigenvalue weighted by atomic mass is 32.2. The molecule has 4 rings (SSSR count). The summed E-state index contributed by atoms with van der Waals surface area (Å²) in [6.07, 6.45) is 1.08. The first-order valence-electron chi connectivity index (χ1n) is 10.5. The van der Waals surface area contributed by atoms with Gasteiger partial charge in [0.2, 0.25) is 5.91 Å². The zero-order valence-electron chi connectivity index (χ0n) is 17.7. The number of hydrogen-bond donors (Lipinski definition) is 2. The Bertz CT molecular complexity index is 1010. The van der Waals surface area contributed by atoms with Crippen LogP contribution in [0.2, 0.25) is 0 Å². The molecule has 32 heavy (non-hydrogen) atoms. The Morgan fingerprint density at radius 2 is 1.78 bits per heavy atom. The lowest BCUT2D eigenvalue weighted by Crippen LogP contribution is -2.63. The van der Waals surface area contributed by atoms with Crippen molar-refractivity contribution in [3.63, 3.8) is 0 Å². The van der Waals surface area contributed by atoms with E-state index in [2.05, 4.69) is 27.8 Å². The third-order valence-corrected chi connectivity index (χ3v) is 6.42. The molecule has 2 aromatic rings. The van der Waals surface area contributed by atoms with Gasteiger partial charge in [0.05, 0.1) is 5.75 Å². The lowest BCUT2D eigenvalue weighted by atomic mass is 10.1. The van der Waals surface area contributed by atoms with Gasteiger partial charge in [0, 0.05) is 19.3 Å². The van der Waals surface area contributed by atoms with Crippen molar-refractivity contribution in [3.8, 4) is 0 Å². The van der Waals surface area contributed by atoms with Gasteiger partial charge in [-0.1, -0.05) is 60.3 Å². The first-order chi connectivity index (χ1) is 15.5. The van der Waals surface area contributed by atoms with Crippen LogP contribution in [0, 0.1) is 0 Å². The van der Waals surface area contributed by atoms with Crippen LogP contribution in [-0.4, -0.2) is 64.4 Å². The van der Waals surface area contributed by atoms with E-state index in [0.717, 1.165) is 18.5 Å². The molecule has 0 bridgehead atoms. The first kappa shape index (κ1) is 21.9. The molecule has 2 unspecified atom stereocenters. The predicted octanol–water partition coefficient (Wildman–Crippen LogP) is 2.54. The standard InChI is InChI=1S/C23H25N5O3S/c1-27-20-19(21(30)26-22(27)31)28(14-8-11-16-9-4-2-5-10-16)23(25-20)32-15-18(29)24-17-12-6-3-7-13-17/h2-7,9-10,12-13,19-20H,8,11,14-15H2,1H3,(H,24,29)(H,26,30,31). The fraction of sp³-hybridized carbons (Fsp3) is 0.304. The summed E-state index contributed by atoms with van der Waals surface area (Å²) in [5, 5.41) is 5.86. The van der Waals surface area contributed by atoms with Gasteiger partial charge in [0.1, 0.15) is 0 Å². The van der Waals surface area contributed by atoms with Gasteiger partial charge in [-0.2, -0.15) is 0 Å². The van der Waals surface area contributed by atoms with Crippen LogP contribution in [0.1, 0.15) is 12.0 Å². The highest BCUT2D eigenvalue weighted by molar-refractivity contribution is 8.14. The number of likely N-dealkylation sites (N-methyl/N-ethyl adjacent to an activating group) is 1. The van der Waals surface area contributed by atoms with E-state index in [4.69, 9.17) is 0 Å². The van der Waals surface area contributed by atoms with E-state index in [9.17, 15) is 14.4 Å². The molecule has 1 saturated heterocycles. The molecule has 2 aliphatic rings. The number of thioether (sulfide) groups is 1. The summed E-state index contributed by atoms with van der Waals surface area (Å²) in [4.78, 5) is 45.1. The molecule has 1 fully saturated rings. The number of amides is 4. The summed E-state index contributed by atoms with van der Waals surface area (Å²) >= 11 is 1.28. The SMILES string of the molecule is CN1C(=O)NC(=O)C2C1N=C(SCC(=O)Nc1ccccc1)N2CCCc1ccccc1. The van der Waals surface area contributed by atoms with Crippen LogP contribution in [0.5, 0.6) is 0 Å². The van der Waals surface area contributed by atoms with Gasteiger partial charge in [0.25, 0.3) is 5.91 Å². The Kier molecular flexibility index (Phi) is 6.75. The van der Waals surface area contributed by atoms with Crippen LogP contribution >= 0.6 is 11.8 Å². The average Bonchev–Trinajstić information content (AvgIpc) is 3.17. The second-order valence-corrected chi connectivity index (χ2v) is 8.60. The maximum absolute atomic E-state index is 12.6. The van der Waals surface area contributed by atoms with Gasteiger partial charge in [0.15, 0.2) is 17.4 Å². The summed E-state index contributed by atoms with van der Waals surface area (Å²) < 4.78 is 0. The minimum absolute atomic E-state index is 0.154. The fourth-order valence-electron chi connectivity index (χ4n) is 3.80. The summed E-state index contributed by atoms with van der Waals surface area (Å²) in [5.74, 6) is -0.357. The molecular formula is C23H25N5O3S. The number of amidine groups is 1. The molecule has 2 N–H and O–H groups in total. The number of aliphatic imine (C=N–C) groups is 1. The molecule has 0 spiro atoms. The van der Waals surface area contributed by atoms with Gasteiger partial charge in [-0.15, -0.1) is 0 Å². The molecule has 0 radical (unpaired) electrons. The number of para-hydroxylation sites is 1. The molecule has 2 atom stereocenters. The first-order valence-corrected chi connectivity index (χ1v) is 11.5. The second-order valence-electron chi connectivity index (χ2n) is 7.66. The van der Waals surface area contributed by atoms with Crippen LogP contribution in [-0.2, 0) is 16.0 Å². The number of imide groups is 1. The van der Waals surface area contributed by atoms with Crippen LogP contribution in [0.4, 0.5) is 10.5 Å². The summed E-state index contributed by atoms with van der Waals surface area (Å²) in [7, 11) is 1.63. The lowest BCUT2D eigenvalue weighted by molar-refractivity contribution is -0.127. The molecular weight excluding hydrogens is 426 g/mol. The second kappa shape index (κ2) is 9.86. The van der Waals surface area contributed by atoms with E-state index in [-0.39, 0.29) is 17.6 Å². The molecule has 2 aliphatic heterocycles. The molecule has 4 amide bonds. The zero-order chi connectivity index (χ0) is 22.5. The van der Waals surface area contributed by atoms with Crippen molar-refractivity contribution >= 4 is 40.5 Å². The molecule has 0 saturated carbocycles. The zero-order valence-corrected chi connectivity index (χ0v) is 18.5. The molecule has 0 aliphatic carbocycles. The highest BCUT2D eigenvalue weighted by Crippen LogP contribution is 2.29. The van der Waals surface area contributed by atoms with Gasteiger partial charge in [-0.25, -0.2) is 9.79 Å². The maximum atomic E-state index is 12.6. The third kappa shape index (κ3) is 4.94. The molecule has 0 aromatic heterocycles. The van der Waals surface area contributed by atoms with Crippen molar-refractivity contribution in [1.29, 1.82) is 0 Å². The van der Waals surface area contributed by atoms with Crippen molar-refractivity contribution in [3.05, 3.63) is 66.2 Å². The number of anilines is 1. The smallest absolute Gasteiger partial charge is 0.325 e. The highest BCUT2D eigenvalue weighted by Gasteiger charge is 2.48. The van der Waals surface area contributed by atoms with E-state index < -0.39 is 18.2 Å². The van der Waals surface area contributed by atoms with Gasteiger partial charge in [-0.05, 0) is 30.5 Å². The van der Waals surface area contributed by atoms with Crippen molar-refractivity contribution in [2.24, 2.45) is 4.99 Å². The minimum Gasteiger partial charge on any atom is -0.336 e. The number of carbonyl (C=O) groups is 3. The predicted molar refractivity (Wildman–Crippen MR) is 125 cm³/mol. The van der Waals surface area contributed by atoms with Crippen LogP contribution in [0.3, 0.4) is 0 Å². The third-order valence-electron chi connectivity index (χ3n) is 5.42. The van der Waals surface area contributed by atoms with E-state index >= 15 is 0 Å². The number of aryl methyl sites for hydroxylation is 1. The molecule has 2 heterocycles. The van der Waals surface area contributed by atoms with E-state index in [1.807, 2.05) is 53.4 Å². The van der Waals surface area contributed by atoms with Gasteiger partial charge < -0.3 is 15.1 Å². The molecule has 166 valence electrons. The van der Waals surface area contributed by atoms with E-state index in [0.29, 0.717) is 11.7 Å². The number of rotatable bonds is 7. The number of nitrogens with zero attached hydrogens (tertiary/aromatic N) is 3. The van der Waals surface area contributed by atoms with Crippen molar-refractivity contribution in [2.75, 3.05) is 24.7 Å². The van der Waals surface area contributed by atoms with Crippen molar-refractivity contribution in [1.82, 2.24) is 15.1 Å². The summed E-state index contributed by atoms with van der Waals surface area (Å²) in [6.45, 7) is 0.595. The molecule has 9 heteroatoms. The Hall–Kier alpha value is -3.33. The number of carbonyl (C=O) groups excluding carboxylic acids is 3. The lowest BCUT2D eigenvalue weighted by Gasteiger charge is -2.36. The number of benzene rings is 2. The number of nitrogens with one attached hydrogen (secondary N) is 2. The molecule has 8 nitrogen and oxygen atoms in total. The van der Waals surface area contributed by atoms with E-state index in [1.54, 1.807) is 7.05 Å². The monoisotopic (exact) mass is 451 g/mol. The van der Waals surface area contributed by atoms with Gasteiger partial charge in [-0.3, -0.25) is 14.9 Å². The topological polar surface area (TPSA) is 94.1 Å². The number of hydrogen-bond acceptors (Lipinski definition) is 6.